The van der Waals surface area contributed by atoms with Gasteiger partial charge in [-0.05, 0) is 43.8 Å². The number of carbonyl (C=O) groups is 1. The molecular weight excluding hydrogens is 444 g/mol. The molecule has 2 heterocycles. The van der Waals surface area contributed by atoms with Crippen LogP contribution >= 0.6 is 0 Å². The fraction of sp³-hybridized carbons (Fsp3) is 0.478. The number of aromatic nitrogens is 1. The van der Waals surface area contributed by atoms with Crippen molar-refractivity contribution in [3.63, 3.8) is 0 Å². The van der Waals surface area contributed by atoms with Gasteiger partial charge in [0.2, 0.25) is 10.0 Å². The summed E-state index contributed by atoms with van der Waals surface area (Å²) in [5, 5.41) is 9.75. The quantitative estimate of drug-likeness (QED) is 0.598. The highest BCUT2D eigenvalue weighted by molar-refractivity contribution is 7.92. The van der Waals surface area contributed by atoms with Crippen molar-refractivity contribution in [1.29, 1.82) is 0 Å². The second-order valence-electron chi connectivity index (χ2n) is 8.73. The van der Waals surface area contributed by atoms with Crippen molar-refractivity contribution < 1.29 is 23.1 Å². The lowest BCUT2D eigenvalue weighted by molar-refractivity contribution is 0.0344. The zero-order valence-corrected chi connectivity index (χ0v) is 20.2. The van der Waals surface area contributed by atoms with E-state index >= 15 is 0 Å². The molecule has 0 saturated carbocycles. The molecule has 1 aromatic heterocycles. The number of carbonyl (C=O) groups excluding carboxylic acids is 1. The van der Waals surface area contributed by atoms with Gasteiger partial charge in [-0.3, -0.25) is 19.4 Å². The topological polar surface area (TPSA) is 112 Å². The molecule has 0 bridgehead atoms. The molecule has 33 heavy (non-hydrogen) atoms. The van der Waals surface area contributed by atoms with Crippen LogP contribution in [0.3, 0.4) is 0 Å². The van der Waals surface area contributed by atoms with Gasteiger partial charge in [-0.2, -0.15) is 0 Å². The van der Waals surface area contributed by atoms with Crippen molar-refractivity contribution in [2.24, 2.45) is 5.92 Å². The van der Waals surface area contributed by atoms with Gasteiger partial charge in [0.05, 0.1) is 30.2 Å². The first-order chi connectivity index (χ1) is 15.6. The third kappa shape index (κ3) is 6.43. The summed E-state index contributed by atoms with van der Waals surface area (Å²) in [6.45, 7) is 5.23. The molecule has 2 aromatic rings. The second kappa shape index (κ2) is 10.5. The van der Waals surface area contributed by atoms with E-state index in [1.165, 1.54) is 0 Å². The highest BCUT2D eigenvalue weighted by Crippen LogP contribution is 2.35. The van der Waals surface area contributed by atoms with E-state index in [9.17, 15) is 18.3 Å². The molecule has 1 aromatic carbocycles. The van der Waals surface area contributed by atoms with E-state index in [-0.39, 0.29) is 41.5 Å². The number of likely N-dealkylation sites (N-methyl/N-ethyl adjacent to an activating group) is 1. The van der Waals surface area contributed by atoms with E-state index < -0.39 is 16.1 Å². The maximum Gasteiger partial charge on any atom is 0.258 e. The second-order valence-corrected chi connectivity index (χ2v) is 10.5. The average Bonchev–Trinajstić information content (AvgIpc) is 2.75. The van der Waals surface area contributed by atoms with Gasteiger partial charge in [0.15, 0.2) is 5.75 Å². The highest BCUT2D eigenvalue weighted by Gasteiger charge is 2.34. The summed E-state index contributed by atoms with van der Waals surface area (Å²) in [6, 6.07) is 8.32. The van der Waals surface area contributed by atoms with Crippen molar-refractivity contribution in [3.8, 4) is 5.75 Å². The Kier molecular flexibility index (Phi) is 7.93. The number of ether oxygens (including phenoxy) is 1. The Labute approximate surface area is 195 Å². The number of nitrogens with one attached hydrogen (secondary N) is 1. The summed E-state index contributed by atoms with van der Waals surface area (Å²) in [5.41, 5.74) is 1.59. The third-order valence-electron chi connectivity index (χ3n) is 5.68. The lowest BCUT2D eigenvalue weighted by Gasteiger charge is -2.38. The Morgan fingerprint density at radius 2 is 2.00 bits per heavy atom. The minimum Gasteiger partial charge on any atom is -0.486 e. The Morgan fingerprint density at radius 3 is 2.64 bits per heavy atom. The Bertz CT molecular complexity index is 1060. The number of rotatable bonds is 8. The maximum atomic E-state index is 13.4. The van der Waals surface area contributed by atoms with Gasteiger partial charge in [-0.15, -0.1) is 0 Å². The van der Waals surface area contributed by atoms with Gasteiger partial charge in [0, 0.05) is 37.9 Å². The van der Waals surface area contributed by atoms with Gasteiger partial charge < -0.3 is 14.7 Å². The highest BCUT2D eigenvalue weighted by atomic mass is 32.2. The number of nitrogens with zero attached hydrogens (tertiary/aromatic N) is 3. The molecule has 1 amide bonds. The van der Waals surface area contributed by atoms with E-state index in [2.05, 4.69) is 14.6 Å². The first-order valence-electron chi connectivity index (χ1n) is 10.9. The van der Waals surface area contributed by atoms with Crippen LogP contribution in [0.4, 0.5) is 5.69 Å². The zero-order valence-electron chi connectivity index (χ0n) is 19.4. The predicted octanol–water partition coefficient (Wildman–Crippen LogP) is 1.81. The first kappa shape index (κ1) is 24.9. The van der Waals surface area contributed by atoms with Crippen molar-refractivity contribution in [1.82, 2.24) is 14.8 Å². The molecule has 0 fully saturated rings. The zero-order chi connectivity index (χ0) is 24.2. The van der Waals surface area contributed by atoms with Gasteiger partial charge in [-0.25, -0.2) is 8.42 Å². The fourth-order valence-corrected chi connectivity index (χ4v) is 4.47. The minimum atomic E-state index is -3.59. The largest absolute Gasteiger partial charge is 0.486 e. The van der Waals surface area contributed by atoms with E-state index in [1.807, 2.05) is 26.1 Å². The van der Waals surface area contributed by atoms with Crippen LogP contribution in [0.2, 0.25) is 0 Å². The molecule has 1 aliphatic rings. The molecule has 1 aliphatic heterocycles. The normalized spacial score (nSPS) is 19.9. The van der Waals surface area contributed by atoms with Crippen molar-refractivity contribution >= 4 is 21.6 Å². The SMILES string of the molecule is C[C@H](CO)N1C[C@H](C)[C@H](CN(C)Cc2ccncc2)Oc2c(NS(C)(=O)=O)cccc2C1=O. The van der Waals surface area contributed by atoms with Crippen LogP contribution in [0.15, 0.2) is 42.7 Å². The van der Waals surface area contributed by atoms with Crippen LogP contribution in [0.5, 0.6) is 5.75 Å². The summed E-state index contributed by atoms with van der Waals surface area (Å²) in [6.07, 6.45) is 4.22. The standard InChI is InChI=1S/C23H32N4O5S/c1-16-12-27(17(2)15-28)23(29)19-6-5-7-20(25-33(4,30)31)22(19)32-21(16)14-26(3)13-18-8-10-24-11-9-18/h5-11,16-17,21,25,28H,12-15H2,1-4H3/t16-,17+,21-/m0/s1. The number of pyridine rings is 1. The summed E-state index contributed by atoms with van der Waals surface area (Å²) in [4.78, 5) is 21.2. The van der Waals surface area contributed by atoms with Crippen molar-refractivity contribution in [3.05, 3.63) is 53.9 Å². The van der Waals surface area contributed by atoms with E-state index in [0.29, 0.717) is 19.6 Å². The van der Waals surface area contributed by atoms with Gasteiger partial charge >= 0.3 is 0 Å². The molecule has 0 radical (unpaired) electrons. The van der Waals surface area contributed by atoms with Crippen LogP contribution < -0.4 is 9.46 Å². The van der Waals surface area contributed by atoms with Crippen LogP contribution in [0.25, 0.3) is 0 Å². The number of aliphatic hydroxyl groups is 1. The molecule has 3 rings (SSSR count). The minimum absolute atomic E-state index is 0.0812. The van der Waals surface area contributed by atoms with Crippen LogP contribution in [-0.2, 0) is 16.6 Å². The molecule has 2 N–H and O–H groups in total. The molecule has 0 unspecified atom stereocenters. The molecular formula is C23H32N4O5S. The molecule has 0 saturated heterocycles. The number of aliphatic hydroxyl groups excluding tert-OH is 1. The molecule has 9 nitrogen and oxygen atoms in total. The summed E-state index contributed by atoms with van der Waals surface area (Å²) >= 11 is 0. The van der Waals surface area contributed by atoms with Gasteiger partial charge in [-0.1, -0.05) is 13.0 Å². The maximum absolute atomic E-state index is 13.4. The number of fused-ring (bicyclic) bond motifs is 1. The smallest absolute Gasteiger partial charge is 0.258 e. The summed E-state index contributed by atoms with van der Waals surface area (Å²) in [5.74, 6) is -0.182. The van der Waals surface area contributed by atoms with Crippen LogP contribution in [0.1, 0.15) is 29.8 Å². The van der Waals surface area contributed by atoms with Crippen molar-refractivity contribution in [2.45, 2.75) is 32.5 Å². The Morgan fingerprint density at radius 1 is 1.30 bits per heavy atom. The predicted molar refractivity (Wildman–Crippen MR) is 127 cm³/mol. The summed E-state index contributed by atoms with van der Waals surface area (Å²) in [7, 11) is -1.61. The number of amides is 1. The molecule has 0 spiro atoms. The fourth-order valence-electron chi connectivity index (χ4n) is 3.91. The van der Waals surface area contributed by atoms with E-state index in [4.69, 9.17) is 4.74 Å². The van der Waals surface area contributed by atoms with Crippen molar-refractivity contribution in [2.75, 3.05) is 37.7 Å². The molecule has 3 atom stereocenters. The lowest BCUT2D eigenvalue weighted by atomic mass is 9.99. The Balaban J connectivity index is 1.98. The number of hydrogen-bond acceptors (Lipinski definition) is 7. The van der Waals surface area contributed by atoms with Crippen LogP contribution in [0, 0.1) is 5.92 Å². The van der Waals surface area contributed by atoms with E-state index in [0.717, 1.165) is 11.8 Å². The Hall–Kier alpha value is -2.69. The monoisotopic (exact) mass is 476 g/mol. The van der Waals surface area contributed by atoms with E-state index in [1.54, 1.807) is 42.4 Å². The molecule has 0 aliphatic carbocycles. The number of hydrogen-bond donors (Lipinski definition) is 2. The number of benzene rings is 1. The lowest BCUT2D eigenvalue weighted by Crippen LogP contribution is -2.49. The van der Waals surface area contributed by atoms with Gasteiger partial charge in [0.25, 0.3) is 5.91 Å². The third-order valence-corrected chi connectivity index (χ3v) is 6.27. The van der Waals surface area contributed by atoms with Gasteiger partial charge in [0.1, 0.15) is 6.10 Å². The number of anilines is 1. The first-order valence-corrected chi connectivity index (χ1v) is 12.7. The number of para-hydroxylation sites is 1. The molecule has 180 valence electrons. The molecule has 10 heteroatoms. The van der Waals surface area contributed by atoms with Crippen LogP contribution in [-0.4, -0.2) is 79.4 Å². The number of sulfonamides is 1. The average molecular weight is 477 g/mol. The summed E-state index contributed by atoms with van der Waals surface area (Å²) < 4.78 is 32.8.